The summed E-state index contributed by atoms with van der Waals surface area (Å²) in [5, 5.41) is 12.6. The summed E-state index contributed by atoms with van der Waals surface area (Å²) >= 11 is 11.9. The zero-order valence-electron chi connectivity index (χ0n) is 17.5. The maximum absolute atomic E-state index is 15.0. The van der Waals surface area contributed by atoms with E-state index in [2.05, 4.69) is 4.85 Å². The number of carbonyl (C=O) groups is 1. The minimum atomic E-state index is -5.12. The standard InChI is InChI=1S/C24H16Cl2F3N3O2/c1-22(24(27,28)29)23(34,15-4-3-5-18(14-15)30-2)32(20-12-8-17(26)9-13-20)21(33)31(22)19-10-6-16(25)7-11-19/h3-14,34H,1H3/t22-,23?/m0/s1. The van der Waals surface area contributed by atoms with Crippen molar-refractivity contribution in [2.45, 2.75) is 24.4 Å². The van der Waals surface area contributed by atoms with E-state index in [4.69, 9.17) is 29.8 Å². The Labute approximate surface area is 203 Å². The Morgan fingerprint density at radius 2 is 1.41 bits per heavy atom. The molecule has 1 N–H and O–H groups in total. The van der Waals surface area contributed by atoms with Gasteiger partial charge >= 0.3 is 12.2 Å². The quantitative estimate of drug-likeness (QED) is 0.384. The Balaban J connectivity index is 2.09. The summed E-state index contributed by atoms with van der Waals surface area (Å²) in [7, 11) is 0. The molecule has 1 fully saturated rings. The number of hydrogen-bond donors (Lipinski definition) is 1. The van der Waals surface area contributed by atoms with Crippen LogP contribution in [0.1, 0.15) is 12.5 Å². The van der Waals surface area contributed by atoms with Crippen molar-refractivity contribution in [2.24, 2.45) is 0 Å². The minimum Gasteiger partial charge on any atom is -0.364 e. The summed E-state index contributed by atoms with van der Waals surface area (Å²) in [5.41, 5.74) is -6.55. The molecule has 4 rings (SSSR count). The largest absolute Gasteiger partial charge is 0.416 e. The first kappa shape index (κ1) is 23.9. The molecule has 3 aromatic carbocycles. The van der Waals surface area contributed by atoms with E-state index in [9.17, 15) is 23.1 Å². The fourth-order valence-corrected chi connectivity index (χ4v) is 4.43. The summed E-state index contributed by atoms with van der Waals surface area (Å²) in [6, 6.07) is 14.7. The zero-order valence-corrected chi connectivity index (χ0v) is 19.0. The van der Waals surface area contributed by atoms with Gasteiger partial charge in [-0.15, -0.1) is 0 Å². The second-order valence-electron chi connectivity index (χ2n) is 7.81. The summed E-state index contributed by atoms with van der Waals surface area (Å²) in [5.74, 6) is 0. The van der Waals surface area contributed by atoms with Crippen molar-refractivity contribution in [2.75, 3.05) is 9.80 Å². The highest BCUT2D eigenvalue weighted by Gasteiger charge is 2.77. The molecule has 0 aliphatic carbocycles. The van der Waals surface area contributed by atoms with E-state index in [-0.39, 0.29) is 27.6 Å². The molecule has 1 unspecified atom stereocenters. The van der Waals surface area contributed by atoms with E-state index in [0.717, 1.165) is 13.0 Å². The van der Waals surface area contributed by atoms with Gasteiger partial charge in [0.1, 0.15) is 0 Å². The fraction of sp³-hybridized carbons (Fsp3) is 0.167. The van der Waals surface area contributed by atoms with E-state index in [1.54, 1.807) is 0 Å². The van der Waals surface area contributed by atoms with Crippen molar-refractivity contribution in [1.29, 1.82) is 0 Å². The SMILES string of the molecule is [C-]#[N+]c1cccc(C2(O)N(c3ccc(Cl)cc3)C(=O)N(c3ccc(Cl)cc3)[C@]2(C)C(F)(F)F)c1. The average molecular weight is 506 g/mol. The number of nitrogens with zero attached hydrogens (tertiary/aromatic N) is 3. The van der Waals surface area contributed by atoms with Crippen molar-refractivity contribution in [1.82, 2.24) is 0 Å². The molecule has 2 atom stereocenters. The predicted octanol–water partition coefficient (Wildman–Crippen LogP) is 7.16. The predicted molar refractivity (Wildman–Crippen MR) is 124 cm³/mol. The van der Waals surface area contributed by atoms with Crippen molar-refractivity contribution in [3.8, 4) is 0 Å². The van der Waals surface area contributed by atoms with Crippen molar-refractivity contribution < 1.29 is 23.1 Å². The van der Waals surface area contributed by atoms with Crippen LogP contribution >= 0.6 is 23.2 Å². The van der Waals surface area contributed by atoms with Gasteiger partial charge in [0.2, 0.25) is 5.72 Å². The van der Waals surface area contributed by atoms with Crippen LogP contribution in [0.2, 0.25) is 10.0 Å². The van der Waals surface area contributed by atoms with E-state index in [1.165, 1.54) is 66.7 Å². The minimum absolute atomic E-state index is 0.00361. The highest BCUT2D eigenvalue weighted by molar-refractivity contribution is 6.31. The van der Waals surface area contributed by atoms with Crippen LogP contribution in [0.4, 0.5) is 35.0 Å². The first-order valence-corrected chi connectivity index (χ1v) is 10.6. The normalized spacial score (nSPS) is 22.7. The topological polar surface area (TPSA) is 48.1 Å². The van der Waals surface area contributed by atoms with Crippen LogP contribution in [0.15, 0.2) is 72.8 Å². The maximum Gasteiger partial charge on any atom is 0.416 e. The summed E-state index contributed by atoms with van der Waals surface area (Å²) in [4.78, 5) is 18.2. The molecule has 1 aliphatic heterocycles. The van der Waals surface area contributed by atoms with Crippen LogP contribution in [0.5, 0.6) is 0 Å². The van der Waals surface area contributed by atoms with E-state index < -0.39 is 23.5 Å². The van der Waals surface area contributed by atoms with Crippen molar-refractivity contribution in [3.63, 3.8) is 0 Å². The average Bonchev–Trinajstić information content (AvgIpc) is 2.99. The molecule has 5 nitrogen and oxygen atoms in total. The highest BCUT2D eigenvalue weighted by Crippen LogP contribution is 2.57. The molecule has 34 heavy (non-hydrogen) atoms. The number of carbonyl (C=O) groups excluding carboxylic acids is 1. The molecule has 0 aromatic heterocycles. The number of halogens is 5. The Morgan fingerprint density at radius 1 is 0.912 bits per heavy atom. The van der Waals surface area contributed by atoms with Crippen LogP contribution in [-0.4, -0.2) is 22.9 Å². The lowest BCUT2D eigenvalue weighted by Gasteiger charge is -2.45. The lowest BCUT2D eigenvalue weighted by Crippen LogP contribution is -2.66. The Hall–Kier alpha value is -3.25. The Morgan fingerprint density at radius 3 is 1.88 bits per heavy atom. The molecule has 10 heteroatoms. The summed E-state index contributed by atoms with van der Waals surface area (Å²) < 4.78 is 44.9. The highest BCUT2D eigenvalue weighted by atomic mass is 35.5. The summed E-state index contributed by atoms with van der Waals surface area (Å²) in [6.45, 7) is 8.02. The van der Waals surface area contributed by atoms with Crippen molar-refractivity contribution >= 4 is 46.3 Å². The molecule has 1 aliphatic rings. The van der Waals surface area contributed by atoms with Gasteiger partial charge in [-0.1, -0.05) is 41.4 Å². The Kier molecular flexibility index (Phi) is 5.76. The van der Waals surface area contributed by atoms with Gasteiger partial charge in [0, 0.05) is 21.4 Å². The second-order valence-corrected chi connectivity index (χ2v) is 8.68. The Bertz CT molecular complexity index is 1290. The van der Waals surface area contributed by atoms with Crippen LogP contribution in [-0.2, 0) is 5.72 Å². The van der Waals surface area contributed by atoms with Crippen molar-refractivity contribution in [3.05, 3.63) is 99.8 Å². The molecule has 1 heterocycles. The molecular weight excluding hydrogens is 490 g/mol. The van der Waals surface area contributed by atoms with Gasteiger partial charge in [-0.2, -0.15) is 13.2 Å². The molecule has 0 saturated carbocycles. The lowest BCUT2D eigenvalue weighted by molar-refractivity contribution is -0.227. The van der Waals surface area contributed by atoms with Gasteiger partial charge in [-0.05, 0) is 67.1 Å². The monoisotopic (exact) mass is 505 g/mol. The molecule has 0 bridgehead atoms. The molecular formula is C24H16Cl2F3N3O2. The van der Waals surface area contributed by atoms with Gasteiger partial charge in [0.25, 0.3) is 0 Å². The number of anilines is 2. The van der Waals surface area contributed by atoms with E-state index >= 15 is 0 Å². The van der Waals surface area contributed by atoms with E-state index in [1.807, 2.05) is 0 Å². The molecule has 0 radical (unpaired) electrons. The number of alkyl halides is 3. The first-order valence-electron chi connectivity index (χ1n) is 9.88. The van der Waals surface area contributed by atoms with Gasteiger partial charge in [-0.3, -0.25) is 9.80 Å². The van der Waals surface area contributed by atoms with E-state index in [0.29, 0.717) is 14.8 Å². The third-order valence-corrected chi connectivity index (χ3v) is 6.44. The number of aliphatic hydroxyl groups is 1. The van der Waals surface area contributed by atoms with Crippen LogP contribution in [0.3, 0.4) is 0 Å². The van der Waals surface area contributed by atoms with Crippen LogP contribution in [0, 0.1) is 6.57 Å². The third-order valence-electron chi connectivity index (χ3n) is 5.93. The first-order chi connectivity index (χ1) is 15.9. The maximum atomic E-state index is 15.0. The number of urea groups is 1. The molecule has 174 valence electrons. The van der Waals surface area contributed by atoms with Gasteiger partial charge in [0.05, 0.1) is 6.57 Å². The molecule has 2 amide bonds. The van der Waals surface area contributed by atoms with Crippen LogP contribution < -0.4 is 9.80 Å². The number of rotatable bonds is 3. The molecule has 0 spiro atoms. The van der Waals surface area contributed by atoms with Gasteiger partial charge in [-0.25, -0.2) is 9.64 Å². The number of amides is 2. The number of hydrogen-bond acceptors (Lipinski definition) is 2. The summed E-state index contributed by atoms with van der Waals surface area (Å²) in [6.07, 6.45) is -5.12. The smallest absolute Gasteiger partial charge is 0.364 e. The van der Waals surface area contributed by atoms with Gasteiger partial charge < -0.3 is 5.11 Å². The van der Waals surface area contributed by atoms with Crippen LogP contribution in [0.25, 0.3) is 4.85 Å². The lowest BCUT2D eigenvalue weighted by atomic mass is 9.81. The molecule has 3 aromatic rings. The third kappa shape index (κ3) is 3.40. The zero-order chi connectivity index (χ0) is 24.9. The fourth-order valence-electron chi connectivity index (χ4n) is 4.18. The van der Waals surface area contributed by atoms with Gasteiger partial charge in [0.15, 0.2) is 11.2 Å². The second kappa shape index (κ2) is 8.20. The number of benzene rings is 3. The molecule has 1 saturated heterocycles.